The standard InChI is InChI=1S/C27H29N3O2/c1-18-9-13-23(14-10-18)30-24(31)17-29(25-19(2)7-6-8-20(25)3)27(32)26(30)21-11-15-22(16-12-21)28(4)5/h6-16,26H,17H2,1-5H3. The summed E-state index contributed by atoms with van der Waals surface area (Å²) >= 11 is 0. The SMILES string of the molecule is Cc1ccc(N2C(=O)CN(c3c(C)cccc3C)C(=O)C2c2ccc(N(C)C)cc2)cc1. The monoisotopic (exact) mass is 427 g/mol. The summed E-state index contributed by atoms with van der Waals surface area (Å²) < 4.78 is 0. The molecule has 1 heterocycles. The smallest absolute Gasteiger partial charge is 0.255 e. The first kappa shape index (κ1) is 21.6. The molecule has 0 aliphatic carbocycles. The number of nitrogens with zero attached hydrogens (tertiary/aromatic N) is 3. The predicted octanol–water partition coefficient (Wildman–Crippen LogP) is 4.80. The number of anilines is 3. The fourth-order valence-corrected chi connectivity index (χ4v) is 4.36. The molecular formula is C27H29N3O2. The second-order valence-electron chi connectivity index (χ2n) is 8.65. The molecule has 5 heteroatoms. The molecule has 1 fully saturated rings. The predicted molar refractivity (Wildman–Crippen MR) is 130 cm³/mol. The van der Waals surface area contributed by atoms with Gasteiger partial charge in [0.25, 0.3) is 5.91 Å². The molecule has 1 aliphatic heterocycles. The van der Waals surface area contributed by atoms with Gasteiger partial charge in [0, 0.05) is 25.5 Å². The van der Waals surface area contributed by atoms with Gasteiger partial charge in [-0.2, -0.15) is 0 Å². The first-order valence-electron chi connectivity index (χ1n) is 10.8. The molecule has 0 bridgehead atoms. The van der Waals surface area contributed by atoms with Crippen molar-refractivity contribution in [2.24, 2.45) is 0 Å². The first-order chi connectivity index (χ1) is 15.3. The fraction of sp³-hybridized carbons (Fsp3) is 0.259. The molecule has 2 amide bonds. The van der Waals surface area contributed by atoms with Crippen LogP contribution in [0.15, 0.2) is 66.7 Å². The van der Waals surface area contributed by atoms with Crippen LogP contribution in [-0.4, -0.2) is 32.5 Å². The molecule has 164 valence electrons. The van der Waals surface area contributed by atoms with Crippen molar-refractivity contribution in [2.75, 3.05) is 35.3 Å². The molecule has 0 radical (unpaired) electrons. The number of benzene rings is 3. The first-order valence-corrected chi connectivity index (χ1v) is 10.8. The van der Waals surface area contributed by atoms with E-state index in [9.17, 15) is 9.59 Å². The summed E-state index contributed by atoms with van der Waals surface area (Å²) in [6.45, 7) is 5.98. The molecular weight excluding hydrogens is 398 g/mol. The summed E-state index contributed by atoms with van der Waals surface area (Å²) in [6, 6.07) is 20.8. The molecule has 3 aromatic rings. The Labute approximate surface area is 189 Å². The molecule has 5 nitrogen and oxygen atoms in total. The van der Waals surface area contributed by atoms with Crippen LogP contribution in [0.4, 0.5) is 17.1 Å². The van der Waals surface area contributed by atoms with Gasteiger partial charge in [0.05, 0.1) is 5.69 Å². The zero-order valence-electron chi connectivity index (χ0n) is 19.3. The fourth-order valence-electron chi connectivity index (χ4n) is 4.36. The summed E-state index contributed by atoms with van der Waals surface area (Å²) in [5.74, 6) is -0.196. The average molecular weight is 428 g/mol. The summed E-state index contributed by atoms with van der Waals surface area (Å²) in [5.41, 5.74) is 6.46. The maximum Gasteiger partial charge on any atom is 0.255 e. The van der Waals surface area contributed by atoms with Crippen molar-refractivity contribution < 1.29 is 9.59 Å². The van der Waals surface area contributed by atoms with Crippen LogP contribution in [0.25, 0.3) is 0 Å². The van der Waals surface area contributed by atoms with E-state index in [-0.39, 0.29) is 18.4 Å². The van der Waals surface area contributed by atoms with E-state index >= 15 is 0 Å². The number of hydrogen-bond acceptors (Lipinski definition) is 3. The molecule has 0 saturated carbocycles. The lowest BCUT2D eigenvalue weighted by molar-refractivity contribution is -0.128. The van der Waals surface area contributed by atoms with E-state index in [4.69, 9.17) is 0 Å². The third-order valence-electron chi connectivity index (χ3n) is 6.07. The maximum absolute atomic E-state index is 14.0. The Kier molecular flexibility index (Phi) is 5.74. The van der Waals surface area contributed by atoms with Gasteiger partial charge in [0.2, 0.25) is 5.91 Å². The van der Waals surface area contributed by atoms with Gasteiger partial charge in [-0.3, -0.25) is 14.5 Å². The van der Waals surface area contributed by atoms with E-state index in [2.05, 4.69) is 0 Å². The van der Waals surface area contributed by atoms with Crippen LogP contribution >= 0.6 is 0 Å². The molecule has 0 aromatic heterocycles. The van der Waals surface area contributed by atoms with E-state index in [0.29, 0.717) is 0 Å². The lowest BCUT2D eigenvalue weighted by Crippen LogP contribution is -2.56. The van der Waals surface area contributed by atoms with Crippen molar-refractivity contribution in [3.8, 4) is 0 Å². The minimum atomic E-state index is -0.728. The van der Waals surface area contributed by atoms with Crippen LogP contribution < -0.4 is 14.7 Å². The zero-order valence-corrected chi connectivity index (χ0v) is 19.3. The van der Waals surface area contributed by atoms with Gasteiger partial charge in [0.1, 0.15) is 12.6 Å². The van der Waals surface area contributed by atoms with E-state index in [1.165, 1.54) is 0 Å². The number of aryl methyl sites for hydroxylation is 3. The topological polar surface area (TPSA) is 43.9 Å². The number of rotatable bonds is 4. The molecule has 3 aromatic carbocycles. The zero-order chi connectivity index (χ0) is 23.0. The summed E-state index contributed by atoms with van der Waals surface area (Å²) in [5, 5.41) is 0. The van der Waals surface area contributed by atoms with E-state index in [1.54, 1.807) is 9.80 Å². The Bertz CT molecular complexity index is 1130. The van der Waals surface area contributed by atoms with Crippen LogP contribution in [-0.2, 0) is 9.59 Å². The molecule has 1 aliphatic rings. The minimum absolute atomic E-state index is 0.0185. The Hall–Kier alpha value is -3.60. The molecule has 4 rings (SSSR count). The lowest BCUT2D eigenvalue weighted by atomic mass is 9.97. The van der Waals surface area contributed by atoms with Crippen molar-refractivity contribution in [3.05, 3.63) is 89.0 Å². The third kappa shape index (κ3) is 3.86. The van der Waals surface area contributed by atoms with Gasteiger partial charge in [-0.1, -0.05) is 48.0 Å². The summed E-state index contributed by atoms with van der Waals surface area (Å²) in [6.07, 6.45) is 0. The maximum atomic E-state index is 14.0. The van der Waals surface area contributed by atoms with Gasteiger partial charge in [-0.15, -0.1) is 0 Å². The minimum Gasteiger partial charge on any atom is -0.378 e. The van der Waals surface area contributed by atoms with Gasteiger partial charge in [-0.05, 0) is 61.7 Å². The molecule has 1 saturated heterocycles. The van der Waals surface area contributed by atoms with Gasteiger partial charge in [0.15, 0.2) is 0 Å². The van der Waals surface area contributed by atoms with Crippen LogP contribution in [0.3, 0.4) is 0 Å². The quantitative estimate of drug-likeness (QED) is 0.601. The van der Waals surface area contributed by atoms with Crippen LogP contribution in [0.1, 0.15) is 28.3 Å². The highest BCUT2D eigenvalue weighted by atomic mass is 16.2. The summed E-state index contributed by atoms with van der Waals surface area (Å²) in [7, 11) is 3.96. The molecule has 0 N–H and O–H groups in total. The van der Waals surface area contributed by atoms with Crippen LogP contribution in [0.5, 0.6) is 0 Å². The van der Waals surface area contributed by atoms with E-state index in [0.717, 1.165) is 39.3 Å². The van der Waals surface area contributed by atoms with E-state index in [1.807, 2.05) is 106 Å². The van der Waals surface area contributed by atoms with Gasteiger partial charge < -0.3 is 9.80 Å². The number of carbonyl (C=O) groups is 2. The number of para-hydroxylation sites is 1. The van der Waals surface area contributed by atoms with Gasteiger partial charge >= 0.3 is 0 Å². The number of piperazine rings is 1. The normalized spacial score (nSPS) is 16.5. The van der Waals surface area contributed by atoms with E-state index < -0.39 is 6.04 Å². The second kappa shape index (κ2) is 8.50. The molecule has 1 atom stereocenters. The molecule has 0 spiro atoms. The van der Waals surface area contributed by atoms with Crippen molar-refractivity contribution in [1.29, 1.82) is 0 Å². The van der Waals surface area contributed by atoms with Crippen LogP contribution in [0.2, 0.25) is 0 Å². The number of carbonyl (C=O) groups excluding carboxylic acids is 2. The highest BCUT2D eigenvalue weighted by Gasteiger charge is 2.42. The number of hydrogen-bond donors (Lipinski definition) is 0. The Morgan fingerprint density at radius 2 is 1.41 bits per heavy atom. The Morgan fingerprint density at radius 3 is 1.97 bits per heavy atom. The van der Waals surface area contributed by atoms with Crippen molar-refractivity contribution >= 4 is 28.9 Å². The third-order valence-corrected chi connectivity index (χ3v) is 6.07. The largest absolute Gasteiger partial charge is 0.378 e. The van der Waals surface area contributed by atoms with Crippen molar-refractivity contribution in [3.63, 3.8) is 0 Å². The number of amides is 2. The molecule has 32 heavy (non-hydrogen) atoms. The van der Waals surface area contributed by atoms with Gasteiger partial charge in [-0.25, -0.2) is 0 Å². The highest BCUT2D eigenvalue weighted by Crippen LogP contribution is 2.37. The Morgan fingerprint density at radius 1 is 0.812 bits per heavy atom. The second-order valence-corrected chi connectivity index (χ2v) is 8.65. The Balaban J connectivity index is 1.84. The lowest BCUT2D eigenvalue weighted by Gasteiger charge is -2.41. The van der Waals surface area contributed by atoms with Crippen molar-refractivity contribution in [1.82, 2.24) is 0 Å². The highest BCUT2D eigenvalue weighted by molar-refractivity contribution is 6.15. The van der Waals surface area contributed by atoms with Crippen molar-refractivity contribution in [2.45, 2.75) is 26.8 Å². The van der Waals surface area contributed by atoms with Crippen LogP contribution in [0, 0.1) is 20.8 Å². The molecule has 1 unspecified atom stereocenters. The summed E-state index contributed by atoms with van der Waals surface area (Å²) in [4.78, 5) is 32.8. The average Bonchev–Trinajstić information content (AvgIpc) is 2.76.